The summed E-state index contributed by atoms with van der Waals surface area (Å²) in [5.41, 5.74) is 4.17. The predicted molar refractivity (Wildman–Crippen MR) is 196 cm³/mol. The van der Waals surface area contributed by atoms with Crippen molar-refractivity contribution >= 4 is 38.8 Å². The van der Waals surface area contributed by atoms with Crippen LogP contribution in [0.25, 0.3) is 22.2 Å². The minimum absolute atomic E-state index is 0.0555. The van der Waals surface area contributed by atoms with Crippen LogP contribution in [0.4, 0.5) is 0 Å². The van der Waals surface area contributed by atoms with Gasteiger partial charge in [-0.05, 0) is 86.7 Å². The van der Waals surface area contributed by atoms with Crippen molar-refractivity contribution < 1.29 is 27.5 Å². The second-order valence-corrected chi connectivity index (χ2v) is 17.2. The Labute approximate surface area is 300 Å². The lowest BCUT2D eigenvalue weighted by Crippen LogP contribution is -2.49. The molecule has 7 rings (SSSR count). The molecule has 3 amide bonds. The standard InChI is InChI=1S/C38H50N6O6S/c1-40(2)37(47)38-22-43(36(46)31-13-10-18-42(31)5)21-30(38)29-20-26(50-6)15-17-27(29)34-33(24-11-8-7-9-12-24)28-16-14-25(19-32(28)44(34)23-38)35(45)39-51(48,49)41(3)4/h14-17,19-20,24,30-31H,7-13,18,21-23H2,1-6H3,(H,39,45)/t30-,31+,38+/m1/s1. The van der Waals surface area contributed by atoms with Crippen molar-refractivity contribution in [1.29, 1.82) is 0 Å². The molecule has 0 bridgehead atoms. The zero-order valence-corrected chi connectivity index (χ0v) is 31.4. The van der Waals surface area contributed by atoms with Crippen molar-refractivity contribution in [1.82, 2.24) is 28.3 Å². The number of ether oxygens (including phenoxy) is 1. The van der Waals surface area contributed by atoms with Crippen molar-refractivity contribution in [2.75, 3.05) is 62.0 Å². The van der Waals surface area contributed by atoms with E-state index in [0.717, 1.165) is 77.1 Å². The number of carbonyl (C=O) groups is 3. The molecular formula is C38H50N6O6S. The first-order valence-corrected chi connectivity index (χ1v) is 19.5. The van der Waals surface area contributed by atoms with Gasteiger partial charge in [-0.15, -0.1) is 0 Å². The third-order valence-corrected chi connectivity index (χ3v) is 13.3. The SMILES string of the molecule is COc1ccc2c(c1)[C@H]1CN(C(=O)[C@@H]3CCCN3C)C[C@]1(C(=O)N(C)C)Cn1c-2c(C2CCCCC2)c2ccc(C(=O)NS(=O)(=O)N(C)C)cc21. The van der Waals surface area contributed by atoms with Crippen LogP contribution in [-0.4, -0.2) is 118 Å². The van der Waals surface area contributed by atoms with Crippen LogP contribution < -0.4 is 9.46 Å². The summed E-state index contributed by atoms with van der Waals surface area (Å²) >= 11 is 0. The minimum atomic E-state index is -4.02. The number of likely N-dealkylation sites (tertiary alicyclic amines) is 2. The predicted octanol–water partition coefficient (Wildman–Crippen LogP) is 4.01. The minimum Gasteiger partial charge on any atom is -0.497 e. The molecule has 1 saturated carbocycles. The van der Waals surface area contributed by atoms with Gasteiger partial charge in [-0.25, -0.2) is 4.72 Å². The molecule has 12 nitrogen and oxygen atoms in total. The smallest absolute Gasteiger partial charge is 0.303 e. The quantitative estimate of drug-likeness (QED) is 0.392. The van der Waals surface area contributed by atoms with E-state index in [1.165, 1.54) is 26.1 Å². The maximum absolute atomic E-state index is 14.8. The van der Waals surface area contributed by atoms with Crippen molar-refractivity contribution in [2.45, 2.75) is 69.4 Å². The first-order chi connectivity index (χ1) is 24.3. The first-order valence-electron chi connectivity index (χ1n) is 18.1. The monoisotopic (exact) mass is 718 g/mol. The Morgan fingerprint density at radius 1 is 0.941 bits per heavy atom. The van der Waals surface area contributed by atoms with E-state index in [-0.39, 0.29) is 48.3 Å². The van der Waals surface area contributed by atoms with Gasteiger partial charge >= 0.3 is 10.2 Å². The second kappa shape index (κ2) is 13.2. The average Bonchev–Trinajstić information content (AvgIpc) is 3.79. The van der Waals surface area contributed by atoms with Crippen molar-refractivity contribution in [3.05, 3.63) is 53.1 Å². The Hall–Kier alpha value is -3.94. The Kier molecular flexibility index (Phi) is 9.20. The van der Waals surface area contributed by atoms with E-state index >= 15 is 0 Å². The zero-order valence-electron chi connectivity index (χ0n) is 30.6. The van der Waals surface area contributed by atoms with E-state index in [1.807, 2.05) is 24.1 Å². The molecule has 2 saturated heterocycles. The van der Waals surface area contributed by atoms with Crippen LogP contribution in [-0.2, 0) is 26.3 Å². The van der Waals surface area contributed by atoms with Crippen LogP contribution in [0.3, 0.4) is 0 Å². The van der Waals surface area contributed by atoms with Crippen molar-refractivity contribution in [3.8, 4) is 17.0 Å². The van der Waals surface area contributed by atoms with Gasteiger partial charge in [-0.1, -0.05) is 25.3 Å². The molecule has 1 N–H and O–H groups in total. The fraction of sp³-hybridized carbons (Fsp3) is 0.553. The molecule has 51 heavy (non-hydrogen) atoms. The van der Waals surface area contributed by atoms with Gasteiger partial charge < -0.3 is 19.1 Å². The Morgan fingerprint density at radius 3 is 2.33 bits per heavy atom. The number of benzene rings is 2. The highest BCUT2D eigenvalue weighted by molar-refractivity contribution is 7.87. The number of carbonyl (C=O) groups excluding carboxylic acids is 3. The summed E-state index contributed by atoms with van der Waals surface area (Å²) < 4.78 is 36.5. The van der Waals surface area contributed by atoms with Crippen molar-refractivity contribution in [3.63, 3.8) is 0 Å². The first kappa shape index (κ1) is 35.5. The summed E-state index contributed by atoms with van der Waals surface area (Å²) in [6.07, 6.45) is 7.24. The van der Waals surface area contributed by atoms with Gasteiger partial charge in [0.15, 0.2) is 0 Å². The lowest BCUT2D eigenvalue weighted by atomic mass is 9.72. The lowest BCUT2D eigenvalue weighted by molar-refractivity contribution is -0.141. The maximum atomic E-state index is 14.8. The molecule has 4 heterocycles. The van der Waals surface area contributed by atoms with E-state index in [2.05, 4.69) is 26.3 Å². The molecule has 2 aromatic carbocycles. The van der Waals surface area contributed by atoms with Crippen LogP contribution in [0.5, 0.6) is 5.75 Å². The number of methoxy groups -OCH3 is 1. The van der Waals surface area contributed by atoms with Crippen LogP contribution in [0, 0.1) is 5.41 Å². The van der Waals surface area contributed by atoms with E-state index in [0.29, 0.717) is 12.3 Å². The topological polar surface area (TPSA) is 124 Å². The molecule has 0 unspecified atom stereocenters. The molecule has 3 aliphatic heterocycles. The third kappa shape index (κ3) is 5.90. The average molecular weight is 719 g/mol. The van der Waals surface area contributed by atoms with Crippen LogP contribution in [0.15, 0.2) is 36.4 Å². The summed E-state index contributed by atoms with van der Waals surface area (Å²) in [6.45, 7) is 1.81. The fourth-order valence-corrected chi connectivity index (χ4v) is 9.83. The zero-order chi connectivity index (χ0) is 36.4. The normalized spacial score (nSPS) is 23.9. The molecule has 0 spiro atoms. The highest BCUT2D eigenvalue weighted by Crippen LogP contribution is 2.55. The fourth-order valence-electron chi connectivity index (χ4n) is 9.30. The second-order valence-electron chi connectivity index (χ2n) is 15.4. The molecule has 3 fully saturated rings. The summed E-state index contributed by atoms with van der Waals surface area (Å²) in [5.74, 6) is -0.0922. The van der Waals surface area contributed by atoms with Gasteiger partial charge in [0, 0.05) is 75.8 Å². The van der Waals surface area contributed by atoms with Gasteiger partial charge in [-0.2, -0.15) is 12.7 Å². The highest BCUT2D eigenvalue weighted by atomic mass is 32.2. The van der Waals surface area contributed by atoms with Crippen LogP contribution in [0.2, 0.25) is 0 Å². The van der Waals surface area contributed by atoms with Gasteiger partial charge in [0.25, 0.3) is 5.91 Å². The van der Waals surface area contributed by atoms with E-state index in [1.54, 1.807) is 38.2 Å². The number of aromatic nitrogens is 1. The van der Waals surface area contributed by atoms with Gasteiger partial charge in [0.1, 0.15) is 5.75 Å². The molecule has 0 radical (unpaired) electrons. The molecular weight excluding hydrogens is 669 g/mol. The van der Waals surface area contributed by atoms with Gasteiger partial charge in [-0.3, -0.25) is 19.3 Å². The number of nitrogens with one attached hydrogen (secondary N) is 1. The Bertz CT molecular complexity index is 2000. The molecule has 3 atom stereocenters. The maximum Gasteiger partial charge on any atom is 0.303 e. The van der Waals surface area contributed by atoms with Gasteiger partial charge in [0.05, 0.1) is 24.3 Å². The number of fused-ring (bicyclic) bond motifs is 7. The highest BCUT2D eigenvalue weighted by Gasteiger charge is 2.57. The molecule has 4 aliphatic rings. The molecule has 274 valence electrons. The van der Waals surface area contributed by atoms with Crippen LogP contribution in [0.1, 0.15) is 78.3 Å². The van der Waals surface area contributed by atoms with Crippen LogP contribution >= 0.6 is 0 Å². The van der Waals surface area contributed by atoms with Gasteiger partial charge in [0.2, 0.25) is 11.8 Å². The summed E-state index contributed by atoms with van der Waals surface area (Å²) in [4.78, 5) is 48.2. The Balaban J connectivity index is 1.48. The van der Waals surface area contributed by atoms with E-state index < -0.39 is 21.5 Å². The molecule has 13 heteroatoms. The summed E-state index contributed by atoms with van der Waals surface area (Å²) in [6, 6.07) is 11.3. The lowest BCUT2D eigenvalue weighted by Gasteiger charge is -2.35. The van der Waals surface area contributed by atoms with E-state index in [4.69, 9.17) is 4.74 Å². The summed E-state index contributed by atoms with van der Waals surface area (Å²) in [5, 5.41) is 0.995. The van der Waals surface area contributed by atoms with Crippen molar-refractivity contribution in [2.24, 2.45) is 5.41 Å². The number of hydrogen-bond donors (Lipinski definition) is 1. The molecule has 1 aliphatic carbocycles. The Morgan fingerprint density at radius 2 is 1.69 bits per heavy atom. The summed E-state index contributed by atoms with van der Waals surface area (Å²) in [7, 11) is 5.90. The molecule has 1 aromatic heterocycles. The number of rotatable bonds is 7. The molecule has 3 aromatic rings. The number of nitrogens with zero attached hydrogens (tertiary/aromatic N) is 5. The number of amides is 3. The largest absolute Gasteiger partial charge is 0.497 e. The third-order valence-electron chi connectivity index (χ3n) is 11.9. The number of hydrogen-bond acceptors (Lipinski definition) is 7. The number of likely N-dealkylation sites (N-methyl/N-ethyl adjacent to an activating group) is 1. The van der Waals surface area contributed by atoms with E-state index in [9.17, 15) is 22.8 Å².